The number of rotatable bonds is 5. The summed E-state index contributed by atoms with van der Waals surface area (Å²) in [7, 11) is 0. The van der Waals surface area contributed by atoms with Crippen molar-refractivity contribution in [2.45, 2.75) is 13.3 Å². The molecule has 6 heteroatoms. The molecule has 128 valence electrons. The minimum absolute atomic E-state index is 0.141. The highest BCUT2D eigenvalue weighted by Gasteiger charge is 2.33. The molecule has 0 saturated carbocycles. The molecule has 1 heterocycles. The first-order valence-corrected chi connectivity index (χ1v) is 9.21. The van der Waals surface area contributed by atoms with Gasteiger partial charge in [-0.3, -0.25) is 14.5 Å². The Hall–Kier alpha value is -2.18. The van der Waals surface area contributed by atoms with E-state index >= 15 is 0 Å². The Morgan fingerprint density at radius 1 is 1.24 bits per heavy atom. The van der Waals surface area contributed by atoms with Crippen LogP contribution in [0, 0.1) is 0 Å². The van der Waals surface area contributed by atoms with E-state index in [1.807, 2.05) is 55.5 Å². The van der Waals surface area contributed by atoms with Gasteiger partial charge in [-0.25, -0.2) is 0 Å². The number of ether oxygens (including phenoxy) is 1. The van der Waals surface area contributed by atoms with Gasteiger partial charge >= 0.3 is 5.97 Å². The first-order chi connectivity index (χ1) is 12.1. The third-order valence-electron chi connectivity index (χ3n) is 3.74. The Morgan fingerprint density at radius 2 is 2.00 bits per heavy atom. The SMILES string of the molecule is CCCOC(=O)CN1C(=O)C(=Cc2cccc3ccccc23)SC1=S. The molecule has 1 fully saturated rings. The predicted octanol–water partition coefficient (Wildman–Crippen LogP) is 3.99. The largest absolute Gasteiger partial charge is 0.464 e. The van der Waals surface area contributed by atoms with Gasteiger partial charge in [0.05, 0.1) is 11.5 Å². The standard InChI is InChI=1S/C19H17NO3S2/c1-2-10-23-17(21)12-20-18(22)16(25-19(20)24)11-14-8-5-7-13-6-3-4-9-15(13)14/h3-9,11H,2,10,12H2,1H3. The fraction of sp³-hybridized carbons (Fsp3) is 0.211. The first-order valence-electron chi connectivity index (χ1n) is 7.99. The maximum absolute atomic E-state index is 12.6. The summed E-state index contributed by atoms with van der Waals surface area (Å²) in [6.07, 6.45) is 2.57. The maximum Gasteiger partial charge on any atom is 0.326 e. The summed E-state index contributed by atoms with van der Waals surface area (Å²) < 4.78 is 5.42. The summed E-state index contributed by atoms with van der Waals surface area (Å²) in [5.41, 5.74) is 0.951. The molecule has 1 amide bonds. The van der Waals surface area contributed by atoms with Gasteiger partial charge in [-0.2, -0.15) is 0 Å². The lowest BCUT2D eigenvalue weighted by Gasteiger charge is -2.13. The molecular weight excluding hydrogens is 354 g/mol. The second kappa shape index (κ2) is 7.80. The number of hydrogen-bond donors (Lipinski definition) is 0. The summed E-state index contributed by atoms with van der Waals surface area (Å²) in [5, 5.41) is 2.17. The summed E-state index contributed by atoms with van der Waals surface area (Å²) in [6, 6.07) is 13.9. The van der Waals surface area contributed by atoms with Crippen LogP contribution < -0.4 is 0 Å². The second-order valence-electron chi connectivity index (χ2n) is 5.56. The number of thiocarbonyl (C=S) groups is 1. The lowest BCUT2D eigenvalue weighted by Crippen LogP contribution is -2.34. The van der Waals surface area contributed by atoms with Crippen molar-refractivity contribution >= 4 is 57.0 Å². The molecule has 3 rings (SSSR count). The topological polar surface area (TPSA) is 46.6 Å². The van der Waals surface area contributed by atoms with E-state index in [1.165, 1.54) is 16.7 Å². The maximum atomic E-state index is 12.6. The van der Waals surface area contributed by atoms with Crippen molar-refractivity contribution in [2.24, 2.45) is 0 Å². The Morgan fingerprint density at radius 3 is 2.80 bits per heavy atom. The Labute approximate surface area is 155 Å². The number of hydrogen-bond acceptors (Lipinski definition) is 5. The summed E-state index contributed by atoms with van der Waals surface area (Å²) in [6.45, 7) is 2.12. The predicted molar refractivity (Wildman–Crippen MR) is 105 cm³/mol. The highest BCUT2D eigenvalue weighted by molar-refractivity contribution is 8.26. The molecule has 0 bridgehead atoms. The zero-order chi connectivity index (χ0) is 17.8. The van der Waals surface area contributed by atoms with Gasteiger partial charge in [0.25, 0.3) is 5.91 Å². The number of fused-ring (bicyclic) bond motifs is 1. The molecule has 0 aliphatic carbocycles. The van der Waals surface area contributed by atoms with Gasteiger partial charge in [0, 0.05) is 0 Å². The molecule has 4 nitrogen and oxygen atoms in total. The minimum Gasteiger partial charge on any atom is -0.464 e. The average molecular weight is 371 g/mol. The van der Waals surface area contributed by atoms with Crippen molar-refractivity contribution in [1.82, 2.24) is 4.90 Å². The normalized spacial score (nSPS) is 16.0. The third-order valence-corrected chi connectivity index (χ3v) is 5.12. The Balaban J connectivity index is 1.84. The van der Waals surface area contributed by atoms with E-state index in [4.69, 9.17) is 17.0 Å². The summed E-state index contributed by atoms with van der Waals surface area (Å²) in [5.74, 6) is -0.694. The smallest absolute Gasteiger partial charge is 0.326 e. The van der Waals surface area contributed by atoms with Crippen LogP contribution in [0.4, 0.5) is 0 Å². The molecule has 1 saturated heterocycles. The summed E-state index contributed by atoms with van der Waals surface area (Å²) in [4.78, 5) is 26.2. The molecule has 2 aromatic carbocycles. The van der Waals surface area contributed by atoms with E-state index in [9.17, 15) is 9.59 Å². The number of thioether (sulfide) groups is 1. The minimum atomic E-state index is -0.440. The summed E-state index contributed by atoms with van der Waals surface area (Å²) >= 11 is 6.47. The fourth-order valence-electron chi connectivity index (χ4n) is 2.54. The number of carbonyl (C=O) groups is 2. The van der Waals surface area contributed by atoms with Crippen molar-refractivity contribution in [1.29, 1.82) is 0 Å². The number of nitrogens with zero attached hydrogens (tertiary/aromatic N) is 1. The lowest BCUT2D eigenvalue weighted by molar-refractivity contribution is -0.146. The third kappa shape index (κ3) is 3.91. The Kier molecular flexibility index (Phi) is 5.50. The number of amides is 1. The molecule has 1 aliphatic heterocycles. The van der Waals surface area contributed by atoms with Gasteiger partial charge in [0.1, 0.15) is 10.9 Å². The van der Waals surface area contributed by atoms with Crippen molar-refractivity contribution in [3.05, 3.63) is 52.9 Å². The molecule has 2 aromatic rings. The number of benzene rings is 2. The molecule has 0 spiro atoms. The number of carbonyl (C=O) groups excluding carboxylic acids is 2. The van der Waals surface area contributed by atoms with Gasteiger partial charge in [-0.1, -0.05) is 73.4 Å². The van der Waals surface area contributed by atoms with Gasteiger partial charge in [0.2, 0.25) is 0 Å². The van der Waals surface area contributed by atoms with E-state index in [0.29, 0.717) is 15.8 Å². The van der Waals surface area contributed by atoms with Crippen LogP contribution in [0.25, 0.3) is 16.8 Å². The highest BCUT2D eigenvalue weighted by Crippen LogP contribution is 2.33. The van der Waals surface area contributed by atoms with Crippen LogP contribution in [-0.2, 0) is 14.3 Å². The van der Waals surface area contributed by atoms with Crippen molar-refractivity contribution in [3.8, 4) is 0 Å². The molecule has 0 unspecified atom stereocenters. The number of esters is 1. The molecule has 0 N–H and O–H groups in total. The zero-order valence-corrected chi connectivity index (χ0v) is 15.4. The van der Waals surface area contributed by atoms with Gasteiger partial charge in [-0.15, -0.1) is 0 Å². The highest BCUT2D eigenvalue weighted by atomic mass is 32.2. The van der Waals surface area contributed by atoms with Gasteiger partial charge in [0.15, 0.2) is 0 Å². The van der Waals surface area contributed by atoms with E-state index in [1.54, 1.807) is 0 Å². The van der Waals surface area contributed by atoms with Crippen LogP contribution in [0.15, 0.2) is 47.4 Å². The van der Waals surface area contributed by atoms with Crippen LogP contribution in [0.1, 0.15) is 18.9 Å². The molecule has 0 atom stereocenters. The van der Waals surface area contributed by atoms with Crippen molar-refractivity contribution in [3.63, 3.8) is 0 Å². The van der Waals surface area contributed by atoms with Crippen LogP contribution >= 0.6 is 24.0 Å². The molecule has 0 radical (unpaired) electrons. The first kappa shape index (κ1) is 17.6. The van der Waals surface area contributed by atoms with Crippen LogP contribution in [0.2, 0.25) is 0 Å². The second-order valence-corrected chi connectivity index (χ2v) is 7.23. The van der Waals surface area contributed by atoms with Crippen molar-refractivity contribution < 1.29 is 14.3 Å². The van der Waals surface area contributed by atoms with Gasteiger partial charge < -0.3 is 4.74 Å². The molecule has 1 aliphatic rings. The van der Waals surface area contributed by atoms with E-state index in [0.717, 1.165) is 22.8 Å². The van der Waals surface area contributed by atoms with Gasteiger partial charge in [-0.05, 0) is 28.8 Å². The van der Waals surface area contributed by atoms with E-state index < -0.39 is 5.97 Å². The Bertz CT molecular complexity index is 871. The molecule has 0 aromatic heterocycles. The quantitative estimate of drug-likeness (QED) is 0.452. The van der Waals surface area contributed by atoms with E-state index in [-0.39, 0.29) is 12.5 Å². The van der Waals surface area contributed by atoms with E-state index in [2.05, 4.69) is 0 Å². The fourth-order valence-corrected chi connectivity index (χ4v) is 3.79. The van der Waals surface area contributed by atoms with Crippen molar-refractivity contribution in [2.75, 3.05) is 13.2 Å². The average Bonchev–Trinajstić information content (AvgIpc) is 2.88. The molecule has 25 heavy (non-hydrogen) atoms. The lowest BCUT2D eigenvalue weighted by atomic mass is 10.0. The van der Waals surface area contributed by atoms with Crippen LogP contribution in [0.5, 0.6) is 0 Å². The molecular formula is C19H17NO3S2. The van der Waals surface area contributed by atoms with Crippen LogP contribution in [-0.4, -0.2) is 34.2 Å². The monoisotopic (exact) mass is 371 g/mol. The van der Waals surface area contributed by atoms with Crippen LogP contribution in [0.3, 0.4) is 0 Å². The zero-order valence-electron chi connectivity index (χ0n) is 13.7.